The lowest BCUT2D eigenvalue weighted by molar-refractivity contribution is -0.0460. The zero-order chi connectivity index (χ0) is 19.3. The summed E-state index contributed by atoms with van der Waals surface area (Å²) in [6, 6.07) is 0. The molecular formula is C13H21N2O8PS2. The Hall–Kier alpha value is -0.590. The van der Waals surface area contributed by atoms with E-state index in [-0.39, 0.29) is 19.0 Å². The van der Waals surface area contributed by atoms with E-state index in [9.17, 15) is 24.2 Å². The van der Waals surface area contributed by atoms with E-state index in [0.717, 1.165) is 10.3 Å². The number of phosphoric ester groups is 1. The van der Waals surface area contributed by atoms with Crippen molar-refractivity contribution in [3.05, 3.63) is 32.6 Å². The number of hydrogen-bond donors (Lipinski definition) is 3. The lowest BCUT2D eigenvalue weighted by atomic mass is 10.2. The second-order valence-corrected chi connectivity index (χ2v) is 9.60. The molecule has 1 aromatic rings. The van der Waals surface area contributed by atoms with Crippen LogP contribution >= 0.6 is 29.4 Å². The number of H-pyrrole nitrogens is 1. The quantitative estimate of drug-likeness (QED) is 0.226. The van der Waals surface area contributed by atoms with E-state index >= 15 is 0 Å². The Kier molecular flexibility index (Phi) is 7.98. The van der Waals surface area contributed by atoms with E-state index < -0.39 is 37.5 Å². The topological polar surface area (TPSA) is 140 Å². The van der Waals surface area contributed by atoms with Gasteiger partial charge in [-0.15, -0.1) is 0 Å². The monoisotopic (exact) mass is 428 g/mol. The summed E-state index contributed by atoms with van der Waals surface area (Å²) in [5.74, 6) is 0.812. The molecule has 3 N–H and O–H groups in total. The van der Waals surface area contributed by atoms with Gasteiger partial charge in [-0.3, -0.25) is 23.4 Å². The van der Waals surface area contributed by atoms with E-state index in [1.807, 2.05) is 6.92 Å². The van der Waals surface area contributed by atoms with Crippen molar-refractivity contribution in [3.8, 4) is 0 Å². The van der Waals surface area contributed by atoms with Gasteiger partial charge in [-0.2, -0.15) is 0 Å². The zero-order valence-corrected chi connectivity index (χ0v) is 16.7. The molecule has 1 aromatic heterocycles. The van der Waals surface area contributed by atoms with Gasteiger partial charge in [-0.25, -0.2) is 9.36 Å². The van der Waals surface area contributed by atoms with E-state index in [0.29, 0.717) is 5.56 Å². The second kappa shape index (κ2) is 9.56. The van der Waals surface area contributed by atoms with E-state index in [1.165, 1.54) is 34.7 Å². The standard InChI is InChI=1S/C13H21N2O8PS2/c1-3-25-26-7-22-24(19,20)21-6-10-9(16)4-11(23-10)15-5-8(2)12(17)14-13(15)18/h5,9-11,16H,3-4,6-7H2,1-2H3,(H,19,20)(H,14,17,18)/t9?,10-,11-/m1/s1. The lowest BCUT2D eigenvalue weighted by Crippen LogP contribution is -2.33. The molecule has 0 aromatic carbocycles. The first kappa shape index (κ1) is 21.7. The molecule has 1 aliphatic heterocycles. The minimum atomic E-state index is -4.27. The molecule has 26 heavy (non-hydrogen) atoms. The summed E-state index contributed by atoms with van der Waals surface area (Å²) in [4.78, 5) is 35.1. The summed E-state index contributed by atoms with van der Waals surface area (Å²) in [5.41, 5.74) is -0.846. The Morgan fingerprint density at radius 1 is 1.42 bits per heavy atom. The van der Waals surface area contributed by atoms with Crippen molar-refractivity contribution in [2.75, 3.05) is 18.3 Å². The highest BCUT2D eigenvalue weighted by Gasteiger charge is 2.37. The number of aromatic nitrogens is 2. The summed E-state index contributed by atoms with van der Waals surface area (Å²) < 4.78 is 28.1. The van der Waals surface area contributed by atoms with Crippen LogP contribution in [0, 0.1) is 6.92 Å². The minimum Gasteiger partial charge on any atom is -0.390 e. The Bertz CT molecular complexity index is 769. The molecule has 2 rings (SSSR count). The molecule has 1 fully saturated rings. The number of aromatic amines is 1. The zero-order valence-electron chi connectivity index (χ0n) is 14.2. The van der Waals surface area contributed by atoms with Crippen molar-refractivity contribution in [1.82, 2.24) is 9.55 Å². The van der Waals surface area contributed by atoms with Gasteiger partial charge >= 0.3 is 13.5 Å². The third-order valence-electron chi connectivity index (χ3n) is 3.53. The number of hydrogen-bond acceptors (Lipinski definition) is 9. The maximum atomic E-state index is 11.9. The van der Waals surface area contributed by atoms with E-state index in [2.05, 4.69) is 4.98 Å². The highest BCUT2D eigenvalue weighted by atomic mass is 33.1. The van der Waals surface area contributed by atoms with Crippen molar-refractivity contribution in [2.45, 2.75) is 38.7 Å². The smallest absolute Gasteiger partial charge is 0.390 e. The Labute approximate surface area is 157 Å². The molecule has 148 valence electrons. The van der Waals surface area contributed by atoms with Gasteiger partial charge in [-0.1, -0.05) is 28.5 Å². The molecule has 4 atom stereocenters. The molecule has 2 unspecified atom stereocenters. The summed E-state index contributed by atoms with van der Waals surface area (Å²) in [6.45, 7) is 3.10. The molecule has 0 spiro atoms. The first-order valence-electron chi connectivity index (χ1n) is 7.75. The molecule has 1 aliphatic rings. The maximum Gasteiger partial charge on any atom is 0.473 e. The van der Waals surface area contributed by atoms with Crippen LogP contribution in [0.5, 0.6) is 0 Å². The fourth-order valence-electron chi connectivity index (χ4n) is 2.25. The third kappa shape index (κ3) is 5.96. The van der Waals surface area contributed by atoms with Crippen LogP contribution in [0.15, 0.2) is 15.8 Å². The Morgan fingerprint density at radius 2 is 2.15 bits per heavy atom. The predicted molar refractivity (Wildman–Crippen MR) is 98.0 cm³/mol. The van der Waals surface area contributed by atoms with Crippen molar-refractivity contribution >= 4 is 29.4 Å². The van der Waals surface area contributed by atoms with Crippen LogP contribution < -0.4 is 11.2 Å². The number of nitrogens with zero attached hydrogens (tertiary/aromatic N) is 1. The van der Waals surface area contributed by atoms with Gasteiger partial charge in [-0.05, 0) is 6.92 Å². The van der Waals surface area contributed by atoms with Gasteiger partial charge < -0.3 is 14.7 Å². The molecule has 0 saturated carbocycles. The number of aryl methyl sites for hydroxylation is 1. The predicted octanol–water partition coefficient (Wildman–Crippen LogP) is 0.986. The molecule has 0 bridgehead atoms. The van der Waals surface area contributed by atoms with Crippen LogP contribution in [-0.4, -0.2) is 50.1 Å². The fourth-order valence-corrected chi connectivity index (χ4v) is 4.69. The summed E-state index contributed by atoms with van der Waals surface area (Å²) in [5, 5.41) is 10.1. The van der Waals surface area contributed by atoms with Crippen LogP contribution in [-0.2, 0) is 18.3 Å². The number of aliphatic hydroxyl groups excluding tert-OH is 1. The first-order valence-corrected chi connectivity index (χ1v) is 11.7. The normalized spacial score (nSPS) is 25.3. The van der Waals surface area contributed by atoms with Gasteiger partial charge in [0.1, 0.15) is 18.3 Å². The largest absolute Gasteiger partial charge is 0.473 e. The SMILES string of the molecule is CCSSCOP(=O)(O)OC[C@H]1O[C@@H](n2cc(C)c(=O)[nH]c2=O)CC1O. The van der Waals surface area contributed by atoms with Crippen LogP contribution in [0.4, 0.5) is 0 Å². The number of phosphoric acid groups is 1. The molecule has 0 radical (unpaired) electrons. The molecule has 1 saturated heterocycles. The molecular weight excluding hydrogens is 407 g/mol. The van der Waals surface area contributed by atoms with Crippen molar-refractivity contribution in [1.29, 1.82) is 0 Å². The summed E-state index contributed by atoms with van der Waals surface area (Å²) >= 11 is 0. The number of ether oxygens (including phenoxy) is 1. The molecule has 2 heterocycles. The van der Waals surface area contributed by atoms with E-state index in [4.69, 9.17) is 13.8 Å². The molecule has 13 heteroatoms. The average Bonchev–Trinajstić information content (AvgIpc) is 2.94. The molecule has 0 amide bonds. The van der Waals surface area contributed by atoms with Gasteiger partial charge in [0.05, 0.1) is 12.7 Å². The number of nitrogens with one attached hydrogen (secondary N) is 1. The van der Waals surface area contributed by atoms with Crippen LogP contribution in [0.1, 0.15) is 25.1 Å². The summed E-state index contributed by atoms with van der Waals surface area (Å²) in [7, 11) is -1.52. The third-order valence-corrected chi connectivity index (χ3v) is 6.75. The van der Waals surface area contributed by atoms with Crippen LogP contribution in [0.2, 0.25) is 0 Å². The van der Waals surface area contributed by atoms with Gasteiger partial charge in [0, 0.05) is 23.9 Å². The van der Waals surface area contributed by atoms with Crippen molar-refractivity contribution in [2.24, 2.45) is 0 Å². The first-order chi connectivity index (χ1) is 12.2. The molecule has 10 nitrogen and oxygen atoms in total. The minimum absolute atomic E-state index is 0.0188. The molecule has 0 aliphatic carbocycles. The highest BCUT2D eigenvalue weighted by molar-refractivity contribution is 8.76. The number of rotatable bonds is 9. The van der Waals surface area contributed by atoms with Crippen LogP contribution in [0.25, 0.3) is 0 Å². The van der Waals surface area contributed by atoms with Gasteiger partial charge in [0.25, 0.3) is 5.56 Å². The van der Waals surface area contributed by atoms with Gasteiger partial charge in [0.2, 0.25) is 0 Å². The Balaban J connectivity index is 1.93. The summed E-state index contributed by atoms with van der Waals surface area (Å²) in [6.07, 6.45) is -1.34. The average molecular weight is 428 g/mol. The highest BCUT2D eigenvalue weighted by Crippen LogP contribution is 2.45. The van der Waals surface area contributed by atoms with E-state index in [1.54, 1.807) is 0 Å². The van der Waals surface area contributed by atoms with Gasteiger partial charge in [0.15, 0.2) is 0 Å². The fraction of sp³-hybridized carbons (Fsp3) is 0.692. The van der Waals surface area contributed by atoms with Crippen LogP contribution in [0.3, 0.4) is 0 Å². The number of aliphatic hydroxyl groups is 1. The Morgan fingerprint density at radius 3 is 2.85 bits per heavy atom. The van der Waals surface area contributed by atoms with Crippen molar-refractivity contribution < 1.29 is 28.3 Å². The lowest BCUT2D eigenvalue weighted by Gasteiger charge is -2.18. The maximum absolute atomic E-state index is 11.9. The van der Waals surface area contributed by atoms with Crippen molar-refractivity contribution in [3.63, 3.8) is 0 Å². The second-order valence-electron chi connectivity index (χ2n) is 5.45.